The smallest absolute Gasteiger partial charge is 0.335 e. The number of anilines is 1. The van der Waals surface area contributed by atoms with E-state index in [9.17, 15) is 9.59 Å². The molecule has 1 rings (SSSR count). The van der Waals surface area contributed by atoms with Crippen molar-refractivity contribution >= 4 is 17.7 Å². The van der Waals surface area contributed by atoms with Crippen LogP contribution in [0.2, 0.25) is 0 Å². The number of amides is 2. The van der Waals surface area contributed by atoms with Crippen molar-refractivity contribution in [2.45, 2.75) is 27.7 Å². The normalized spacial score (nSPS) is 10.4. The quantitative estimate of drug-likeness (QED) is 0.869. The first-order valence-electron chi connectivity index (χ1n) is 6.75. The molecule has 1 aromatic rings. The van der Waals surface area contributed by atoms with E-state index < -0.39 is 5.97 Å². The van der Waals surface area contributed by atoms with E-state index in [1.165, 1.54) is 6.07 Å². The summed E-state index contributed by atoms with van der Waals surface area (Å²) in [5, 5.41) is 11.8. The van der Waals surface area contributed by atoms with Crippen molar-refractivity contribution in [3.05, 3.63) is 29.3 Å². The van der Waals surface area contributed by atoms with E-state index in [0.29, 0.717) is 30.3 Å². The Balaban J connectivity index is 2.80. The lowest BCUT2D eigenvalue weighted by Gasteiger charge is -2.23. The molecule has 0 saturated heterocycles. The van der Waals surface area contributed by atoms with Gasteiger partial charge in [-0.3, -0.25) is 0 Å². The highest BCUT2D eigenvalue weighted by atomic mass is 16.4. The molecule has 0 atom stereocenters. The number of benzene rings is 1. The van der Waals surface area contributed by atoms with Gasteiger partial charge in [-0.1, -0.05) is 13.8 Å². The van der Waals surface area contributed by atoms with Crippen LogP contribution < -0.4 is 5.32 Å². The average molecular weight is 278 g/mol. The van der Waals surface area contributed by atoms with Gasteiger partial charge in [0.25, 0.3) is 0 Å². The zero-order valence-corrected chi connectivity index (χ0v) is 12.4. The van der Waals surface area contributed by atoms with Crippen LogP contribution in [0, 0.1) is 12.8 Å². The fraction of sp³-hybridized carbons (Fsp3) is 0.467. The molecule has 0 heterocycles. The van der Waals surface area contributed by atoms with E-state index in [-0.39, 0.29) is 11.6 Å². The van der Waals surface area contributed by atoms with Crippen molar-refractivity contribution in [3.63, 3.8) is 0 Å². The number of carbonyl (C=O) groups excluding carboxylic acids is 1. The summed E-state index contributed by atoms with van der Waals surface area (Å²) >= 11 is 0. The fourth-order valence-corrected chi connectivity index (χ4v) is 1.98. The van der Waals surface area contributed by atoms with Crippen LogP contribution in [0.15, 0.2) is 18.2 Å². The largest absolute Gasteiger partial charge is 0.478 e. The molecule has 0 saturated carbocycles. The Morgan fingerprint density at radius 3 is 2.45 bits per heavy atom. The summed E-state index contributed by atoms with van der Waals surface area (Å²) in [5.74, 6) is -0.563. The number of aromatic carboxylic acids is 1. The third kappa shape index (κ3) is 4.26. The molecule has 5 nitrogen and oxygen atoms in total. The maximum Gasteiger partial charge on any atom is 0.335 e. The van der Waals surface area contributed by atoms with Gasteiger partial charge in [0.1, 0.15) is 0 Å². The fourth-order valence-electron chi connectivity index (χ4n) is 1.98. The zero-order chi connectivity index (χ0) is 15.3. The van der Waals surface area contributed by atoms with Crippen molar-refractivity contribution in [2.75, 3.05) is 18.4 Å². The summed E-state index contributed by atoms with van der Waals surface area (Å²) in [6.45, 7) is 9.08. The zero-order valence-electron chi connectivity index (χ0n) is 12.4. The van der Waals surface area contributed by atoms with Gasteiger partial charge in [-0.15, -0.1) is 0 Å². The summed E-state index contributed by atoms with van der Waals surface area (Å²) in [5.41, 5.74) is 1.49. The number of hydrogen-bond donors (Lipinski definition) is 2. The van der Waals surface area contributed by atoms with Crippen molar-refractivity contribution in [3.8, 4) is 0 Å². The van der Waals surface area contributed by atoms with Crippen LogP contribution in [0.1, 0.15) is 36.7 Å². The Morgan fingerprint density at radius 2 is 2.00 bits per heavy atom. The van der Waals surface area contributed by atoms with Crippen LogP contribution in [0.5, 0.6) is 0 Å². The molecule has 0 spiro atoms. The van der Waals surface area contributed by atoms with E-state index in [0.717, 1.165) is 0 Å². The summed E-state index contributed by atoms with van der Waals surface area (Å²) in [6, 6.07) is 4.62. The molecule has 0 fully saturated rings. The second-order valence-electron chi connectivity index (χ2n) is 5.20. The number of aryl methyl sites for hydroxylation is 1. The number of carboxylic acids is 1. The minimum Gasteiger partial charge on any atom is -0.478 e. The minimum absolute atomic E-state index is 0.163. The number of rotatable bonds is 5. The topological polar surface area (TPSA) is 69.6 Å². The van der Waals surface area contributed by atoms with Gasteiger partial charge >= 0.3 is 12.0 Å². The Morgan fingerprint density at radius 1 is 1.35 bits per heavy atom. The molecule has 0 unspecified atom stereocenters. The number of hydrogen-bond acceptors (Lipinski definition) is 2. The van der Waals surface area contributed by atoms with Gasteiger partial charge in [-0.05, 0) is 43.5 Å². The van der Waals surface area contributed by atoms with Gasteiger partial charge in [0.2, 0.25) is 0 Å². The molecule has 0 aliphatic rings. The monoisotopic (exact) mass is 278 g/mol. The van der Waals surface area contributed by atoms with Crippen LogP contribution in [0.3, 0.4) is 0 Å². The van der Waals surface area contributed by atoms with E-state index in [4.69, 9.17) is 5.11 Å². The molecule has 1 aromatic carbocycles. The van der Waals surface area contributed by atoms with E-state index in [1.54, 1.807) is 24.0 Å². The van der Waals surface area contributed by atoms with Crippen LogP contribution in [0.4, 0.5) is 10.5 Å². The molecular formula is C15H22N2O3. The molecule has 0 aromatic heterocycles. The third-order valence-electron chi connectivity index (χ3n) is 2.96. The Hall–Kier alpha value is -2.04. The number of nitrogens with one attached hydrogen (secondary N) is 1. The molecule has 0 aliphatic heterocycles. The van der Waals surface area contributed by atoms with E-state index in [2.05, 4.69) is 19.2 Å². The van der Waals surface area contributed by atoms with Gasteiger partial charge in [0.05, 0.1) is 5.56 Å². The highest BCUT2D eigenvalue weighted by Gasteiger charge is 2.14. The van der Waals surface area contributed by atoms with Crippen molar-refractivity contribution in [1.82, 2.24) is 4.90 Å². The molecule has 2 amide bonds. The second kappa shape index (κ2) is 6.93. The first kappa shape index (κ1) is 16.0. The minimum atomic E-state index is -0.963. The lowest BCUT2D eigenvalue weighted by Crippen LogP contribution is -2.37. The van der Waals surface area contributed by atoms with Crippen LogP contribution in [0.25, 0.3) is 0 Å². The van der Waals surface area contributed by atoms with Gasteiger partial charge in [0.15, 0.2) is 0 Å². The number of carbonyl (C=O) groups is 2. The lowest BCUT2D eigenvalue weighted by atomic mass is 10.1. The summed E-state index contributed by atoms with van der Waals surface area (Å²) in [7, 11) is 0. The third-order valence-corrected chi connectivity index (χ3v) is 2.96. The Labute approximate surface area is 119 Å². The molecule has 2 N–H and O–H groups in total. The summed E-state index contributed by atoms with van der Waals surface area (Å²) in [6.07, 6.45) is 0. The van der Waals surface area contributed by atoms with Crippen molar-refractivity contribution < 1.29 is 14.7 Å². The lowest BCUT2D eigenvalue weighted by molar-refractivity contribution is 0.0696. The summed E-state index contributed by atoms with van der Waals surface area (Å²) in [4.78, 5) is 24.8. The molecular weight excluding hydrogens is 256 g/mol. The maximum atomic E-state index is 12.1. The van der Waals surface area contributed by atoms with Crippen LogP contribution in [-0.2, 0) is 0 Å². The molecule has 0 radical (unpaired) electrons. The van der Waals surface area contributed by atoms with E-state index in [1.807, 2.05) is 6.92 Å². The molecule has 5 heteroatoms. The number of carboxylic acid groups (broad SMARTS) is 1. The van der Waals surface area contributed by atoms with Gasteiger partial charge < -0.3 is 15.3 Å². The standard InChI is InChI=1S/C15H22N2O3/c1-5-17(9-10(2)3)15(20)16-12-6-7-13(14(18)19)11(4)8-12/h6-8,10H,5,9H2,1-4H3,(H,16,20)(H,18,19). The highest BCUT2D eigenvalue weighted by molar-refractivity contribution is 5.92. The molecule has 20 heavy (non-hydrogen) atoms. The van der Waals surface area contributed by atoms with Crippen molar-refractivity contribution in [1.29, 1.82) is 0 Å². The predicted octanol–water partition coefficient (Wildman–Crippen LogP) is 3.20. The number of urea groups is 1. The molecule has 0 aliphatic carbocycles. The molecule has 110 valence electrons. The summed E-state index contributed by atoms with van der Waals surface area (Å²) < 4.78 is 0. The molecule has 0 bridgehead atoms. The second-order valence-corrected chi connectivity index (χ2v) is 5.20. The van der Waals surface area contributed by atoms with Gasteiger partial charge in [-0.25, -0.2) is 9.59 Å². The first-order valence-corrected chi connectivity index (χ1v) is 6.75. The van der Waals surface area contributed by atoms with Gasteiger partial charge in [-0.2, -0.15) is 0 Å². The van der Waals surface area contributed by atoms with Crippen LogP contribution in [-0.4, -0.2) is 35.1 Å². The maximum absolute atomic E-state index is 12.1. The predicted molar refractivity (Wildman–Crippen MR) is 79.2 cm³/mol. The van der Waals surface area contributed by atoms with E-state index >= 15 is 0 Å². The highest BCUT2D eigenvalue weighted by Crippen LogP contribution is 2.16. The number of nitrogens with zero attached hydrogens (tertiary/aromatic N) is 1. The SMILES string of the molecule is CCN(CC(C)C)C(=O)Nc1ccc(C(=O)O)c(C)c1. The van der Waals surface area contributed by atoms with Crippen molar-refractivity contribution in [2.24, 2.45) is 5.92 Å². The Kier molecular flexibility index (Phi) is 5.55. The first-order chi connectivity index (χ1) is 9.35. The van der Waals surface area contributed by atoms with Crippen LogP contribution >= 0.6 is 0 Å². The Bertz CT molecular complexity index is 498. The van der Waals surface area contributed by atoms with Gasteiger partial charge in [0, 0.05) is 18.8 Å². The average Bonchev–Trinajstić information content (AvgIpc) is 2.35.